The van der Waals surface area contributed by atoms with Crippen LogP contribution in [0.1, 0.15) is 30.6 Å². The number of halogens is 2. The predicted octanol–water partition coefficient (Wildman–Crippen LogP) is 1.30. The second kappa shape index (κ2) is 11.4. The van der Waals surface area contributed by atoms with E-state index in [9.17, 15) is 19.2 Å². The van der Waals surface area contributed by atoms with Gasteiger partial charge in [-0.1, -0.05) is 30.1 Å². The average molecular weight is 418 g/mol. The van der Waals surface area contributed by atoms with Crippen LogP contribution >= 0.6 is 23.2 Å². The fraction of sp³-hybridized carbons (Fsp3) is 0.412. The lowest BCUT2D eigenvalue weighted by Gasteiger charge is -2.14. The Kier molecular flexibility index (Phi) is 9.60. The highest BCUT2D eigenvalue weighted by atomic mass is 35.5. The lowest BCUT2D eigenvalue weighted by molar-refractivity contribution is -0.147. The van der Waals surface area contributed by atoms with Crippen molar-refractivity contribution in [2.75, 3.05) is 19.7 Å². The van der Waals surface area contributed by atoms with Crippen molar-refractivity contribution >= 4 is 46.9 Å². The van der Waals surface area contributed by atoms with Gasteiger partial charge in [-0.25, -0.2) is 0 Å². The van der Waals surface area contributed by atoms with Crippen molar-refractivity contribution in [1.82, 2.24) is 16.0 Å². The van der Waals surface area contributed by atoms with Crippen molar-refractivity contribution in [3.63, 3.8) is 0 Å². The smallest absolute Gasteiger partial charge is 0.325 e. The molecule has 0 aliphatic heterocycles. The van der Waals surface area contributed by atoms with Crippen LogP contribution in [0, 0.1) is 0 Å². The minimum atomic E-state index is -0.813. The molecule has 0 fully saturated rings. The second-order valence-electron chi connectivity index (χ2n) is 5.55. The average Bonchev–Trinajstić information content (AvgIpc) is 2.62. The number of esters is 1. The minimum absolute atomic E-state index is 0.142. The molecule has 0 aliphatic carbocycles. The van der Waals surface area contributed by atoms with Crippen LogP contribution in [0.15, 0.2) is 18.2 Å². The third kappa shape index (κ3) is 8.27. The summed E-state index contributed by atoms with van der Waals surface area (Å²) in [6.07, 6.45) is 0.775. The van der Waals surface area contributed by atoms with Crippen LogP contribution in [0.25, 0.3) is 0 Å². The molecule has 3 amide bonds. The van der Waals surface area contributed by atoms with E-state index in [0.29, 0.717) is 11.6 Å². The standard InChI is InChI=1S/C17H21Cl2N3O5/c1-3-6-20-16(25)10(2)22-14(23)9-27-15(24)8-21-17(26)12-5-4-11(18)7-13(12)19/h4-5,7,10H,3,6,8-9H2,1-2H3,(H,20,25)(H,21,26)(H,22,23)/t10-/m0/s1. The van der Waals surface area contributed by atoms with E-state index in [0.717, 1.165) is 6.42 Å². The second-order valence-corrected chi connectivity index (χ2v) is 6.39. The molecule has 1 rings (SSSR count). The lowest BCUT2D eigenvalue weighted by atomic mass is 10.2. The molecule has 0 radical (unpaired) electrons. The van der Waals surface area contributed by atoms with E-state index in [1.54, 1.807) is 0 Å². The Balaban J connectivity index is 2.35. The molecule has 3 N–H and O–H groups in total. The van der Waals surface area contributed by atoms with Crippen molar-refractivity contribution < 1.29 is 23.9 Å². The molecule has 0 unspecified atom stereocenters. The van der Waals surface area contributed by atoms with Gasteiger partial charge >= 0.3 is 5.97 Å². The summed E-state index contributed by atoms with van der Waals surface area (Å²) in [6, 6.07) is 3.56. The summed E-state index contributed by atoms with van der Waals surface area (Å²) >= 11 is 11.6. The number of amides is 3. The van der Waals surface area contributed by atoms with Crippen molar-refractivity contribution in [2.45, 2.75) is 26.3 Å². The Morgan fingerprint density at radius 2 is 1.85 bits per heavy atom. The summed E-state index contributed by atoms with van der Waals surface area (Å²) in [7, 11) is 0. The fourth-order valence-electron chi connectivity index (χ4n) is 1.87. The molecule has 0 heterocycles. The molecule has 0 bridgehead atoms. The quantitative estimate of drug-likeness (QED) is 0.523. The van der Waals surface area contributed by atoms with Gasteiger partial charge in [-0.15, -0.1) is 0 Å². The fourth-order valence-corrected chi connectivity index (χ4v) is 2.36. The first-order chi connectivity index (χ1) is 12.7. The van der Waals surface area contributed by atoms with Gasteiger partial charge in [0, 0.05) is 11.6 Å². The van der Waals surface area contributed by atoms with Crippen molar-refractivity contribution in [3.05, 3.63) is 33.8 Å². The van der Waals surface area contributed by atoms with E-state index in [2.05, 4.69) is 16.0 Å². The van der Waals surface area contributed by atoms with Crippen LogP contribution in [-0.2, 0) is 19.1 Å². The molecule has 148 valence electrons. The van der Waals surface area contributed by atoms with E-state index in [4.69, 9.17) is 27.9 Å². The number of rotatable bonds is 9. The molecule has 0 aromatic heterocycles. The summed E-state index contributed by atoms with van der Waals surface area (Å²) in [5, 5.41) is 7.88. The van der Waals surface area contributed by atoms with Crippen LogP contribution in [0.3, 0.4) is 0 Å². The SMILES string of the molecule is CCCNC(=O)[C@H](C)NC(=O)COC(=O)CNC(=O)c1ccc(Cl)cc1Cl. The van der Waals surface area contributed by atoms with Gasteiger partial charge in [0.1, 0.15) is 12.6 Å². The normalized spacial score (nSPS) is 11.3. The third-order valence-corrected chi connectivity index (χ3v) is 3.80. The maximum atomic E-state index is 12.0. The van der Waals surface area contributed by atoms with E-state index < -0.39 is 37.0 Å². The summed E-state index contributed by atoms with van der Waals surface area (Å²) in [5.41, 5.74) is 0.151. The summed E-state index contributed by atoms with van der Waals surface area (Å²) < 4.78 is 4.75. The molecular weight excluding hydrogens is 397 g/mol. The van der Waals surface area contributed by atoms with Crippen LogP contribution in [-0.4, -0.2) is 49.4 Å². The van der Waals surface area contributed by atoms with Crippen LogP contribution in [0.4, 0.5) is 0 Å². The molecule has 0 aliphatic rings. The van der Waals surface area contributed by atoms with Crippen LogP contribution < -0.4 is 16.0 Å². The zero-order chi connectivity index (χ0) is 20.4. The van der Waals surface area contributed by atoms with Gasteiger partial charge in [-0.2, -0.15) is 0 Å². The Morgan fingerprint density at radius 3 is 2.48 bits per heavy atom. The van der Waals surface area contributed by atoms with Gasteiger partial charge in [-0.05, 0) is 31.5 Å². The van der Waals surface area contributed by atoms with Crippen molar-refractivity contribution in [1.29, 1.82) is 0 Å². The molecule has 8 nitrogen and oxygen atoms in total. The van der Waals surface area contributed by atoms with E-state index in [1.807, 2.05) is 6.92 Å². The van der Waals surface area contributed by atoms with Gasteiger partial charge in [0.05, 0.1) is 10.6 Å². The van der Waals surface area contributed by atoms with Crippen LogP contribution in [0.5, 0.6) is 0 Å². The maximum absolute atomic E-state index is 12.0. The Labute approximate surface area is 166 Å². The topological polar surface area (TPSA) is 114 Å². The largest absolute Gasteiger partial charge is 0.454 e. The molecule has 0 saturated carbocycles. The monoisotopic (exact) mass is 417 g/mol. The molecule has 27 heavy (non-hydrogen) atoms. The molecule has 1 aromatic rings. The van der Waals surface area contributed by atoms with Gasteiger partial charge in [-0.3, -0.25) is 19.2 Å². The zero-order valence-electron chi connectivity index (χ0n) is 14.9. The Bertz CT molecular complexity index is 712. The van der Waals surface area contributed by atoms with Gasteiger partial charge in [0.2, 0.25) is 5.91 Å². The number of hydrogen-bond acceptors (Lipinski definition) is 5. The first kappa shape index (κ1) is 22.7. The molecule has 1 aromatic carbocycles. The maximum Gasteiger partial charge on any atom is 0.325 e. The predicted molar refractivity (Wildman–Crippen MR) is 101 cm³/mol. The zero-order valence-corrected chi connectivity index (χ0v) is 16.4. The highest BCUT2D eigenvalue weighted by Crippen LogP contribution is 2.20. The van der Waals surface area contributed by atoms with Crippen molar-refractivity contribution in [3.8, 4) is 0 Å². The molecule has 0 saturated heterocycles. The molecular formula is C17H21Cl2N3O5. The highest BCUT2D eigenvalue weighted by molar-refractivity contribution is 6.36. The first-order valence-corrected chi connectivity index (χ1v) is 8.96. The number of hydrogen-bond donors (Lipinski definition) is 3. The lowest BCUT2D eigenvalue weighted by Crippen LogP contribution is -2.46. The molecule has 1 atom stereocenters. The van der Waals surface area contributed by atoms with E-state index in [1.165, 1.54) is 25.1 Å². The highest BCUT2D eigenvalue weighted by Gasteiger charge is 2.17. The summed E-state index contributed by atoms with van der Waals surface area (Å²) in [4.78, 5) is 46.9. The van der Waals surface area contributed by atoms with Gasteiger partial charge in [0.15, 0.2) is 6.61 Å². The van der Waals surface area contributed by atoms with Crippen molar-refractivity contribution in [2.24, 2.45) is 0 Å². The van der Waals surface area contributed by atoms with Crippen LogP contribution in [0.2, 0.25) is 10.0 Å². The summed E-state index contributed by atoms with van der Waals surface area (Å²) in [5.74, 6) is -2.36. The number of benzene rings is 1. The minimum Gasteiger partial charge on any atom is -0.454 e. The number of carbonyl (C=O) groups excluding carboxylic acids is 4. The van der Waals surface area contributed by atoms with Gasteiger partial charge in [0.25, 0.3) is 11.8 Å². The summed E-state index contributed by atoms with van der Waals surface area (Å²) in [6.45, 7) is 2.91. The molecule has 0 spiro atoms. The third-order valence-electron chi connectivity index (χ3n) is 3.25. The van der Waals surface area contributed by atoms with E-state index >= 15 is 0 Å². The first-order valence-electron chi connectivity index (χ1n) is 8.20. The van der Waals surface area contributed by atoms with Gasteiger partial charge < -0.3 is 20.7 Å². The number of carbonyl (C=O) groups is 4. The number of nitrogens with one attached hydrogen (secondary N) is 3. The number of ether oxygens (including phenoxy) is 1. The Morgan fingerprint density at radius 1 is 1.15 bits per heavy atom. The Hall–Kier alpha value is -2.32. The molecule has 10 heteroatoms. The van der Waals surface area contributed by atoms with E-state index in [-0.39, 0.29) is 16.5 Å².